The largest absolute Gasteiger partial charge is 0.522 e. The van der Waals surface area contributed by atoms with Gasteiger partial charge >= 0.3 is 21.6 Å². The van der Waals surface area contributed by atoms with Crippen molar-refractivity contribution in [3.8, 4) is 17.2 Å². The van der Waals surface area contributed by atoms with Gasteiger partial charge in [0.05, 0.1) is 11.6 Å². The van der Waals surface area contributed by atoms with Crippen LogP contribution in [0.5, 0.6) is 0 Å². The molecule has 4 rings (SSSR count). The third-order valence-corrected chi connectivity index (χ3v) is 6.87. The van der Waals surface area contributed by atoms with Gasteiger partial charge in [-0.1, -0.05) is 42.5 Å². The number of hydrogen-bond acceptors (Lipinski definition) is 5. The number of aromatic carboxylic acids is 1. The summed E-state index contributed by atoms with van der Waals surface area (Å²) < 4.78 is 57.5. The van der Waals surface area contributed by atoms with E-state index in [1.807, 2.05) is 44.3 Å². The van der Waals surface area contributed by atoms with Gasteiger partial charge in [-0.2, -0.15) is 26.9 Å². The van der Waals surface area contributed by atoms with E-state index in [1.54, 1.807) is 0 Å². The molecule has 0 amide bonds. The Bertz CT molecular complexity index is 1530. The number of hydrogen-bond donors (Lipinski definition) is 2. The molecule has 2 N–H and O–H groups in total. The number of carboxylic acids is 1. The highest BCUT2D eigenvalue weighted by Gasteiger charge is 2.44. The summed E-state index contributed by atoms with van der Waals surface area (Å²) in [7, 11) is -3.84. The average Bonchev–Trinajstić information content (AvgIpc) is 2.82. The van der Waals surface area contributed by atoms with Crippen molar-refractivity contribution in [2.45, 2.75) is 38.6 Å². The van der Waals surface area contributed by atoms with Crippen molar-refractivity contribution in [3.63, 3.8) is 0 Å². The molecule has 7 nitrogen and oxygen atoms in total. The average molecular weight is 547 g/mol. The first-order valence-electron chi connectivity index (χ1n) is 11.4. The highest BCUT2D eigenvalue weighted by molar-refractivity contribution is 7.86. The first kappa shape index (κ1) is 28.7. The van der Waals surface area contributed by atoms with Crippen LogP contribution in [-0.4, -0.2) is 36.6 Å². The molecule has 0 aromatic heterocycles. The Labute approximate surface area is 218 Å². The maximum Gasteiger partial charge on any atom is 0.522 e. The molecule has 0 saturated carbocycles. The highest BCUT2D eigenvalue weighted by Crippen LogP contribution is 2.47. The molecule has 1 aliphatic rings. The van der Waals surface area contributed by atoms with E-state index in [2.05, 4.69) is 36.1 Å². The number of aryl methyl sites for hydroxylation is 1. The SMILES string of the molecule is Cc1ccc2c(c1)N(C)c1c(c(C(=O)O)c(C)c(-c3ccccc3)c1CCC#N)C2.O=S(=O)(O)C(F)(F)F. The van der Waals surface area contributed by atoms with Crippen molar-refractivity contribution in [2.75, 3.05) is 11.9 Å². The second-order valence-corrected chi connectivity index (χ2v) is 10.2. The quantitative estimate of drug-likeness (QED) is 0.296. The van der Waals surface area contributed by atoms with Gasteiger partial charge in [-0.05, 0) is 65.3 Å². The first-order chi connectivity index (χ1) is 17.7. The summed E-state index contributed by atoms with van der Waals surface area (Å²) in [6, 6.07) is 18.5. The van der Waals surface area contributed by atoms with Crippen LogP contribution in [0.1, 0.15) is 44.6 Å². The fraction of sp³-hybridized carbons (Fsp3) is 0.259. The number of carbonyl (C=O) groups is 1. The van der Waals surface area contributed by atoms with Gasteiger partial charge in [-0.15, -0.1) is 0 Å². The van der Waals surface area contributed by atoms with Gasteiger partial charge in [-0.25, -0.2) is 4.79 Å². The lowest BCUT2D eigenvalue weighted by Gasteiger charge is -2.35. The molecule has 0 fully saturated rings. The molecule has 0 unspecified atom stereocenters. The fourth-order valence-electron chi connectivity index (χ4n) is 4.73. The number of carboxylic acid groups (broad SMARTS) is 1. The van der Waals surface area contributed by atoms with Gasteiger partial charge in [0.25, 0.3) is 0 Å². The number of nitriles is 1. The maximum atomic E-state index is 12.4. The Kier molecular flexibility index (Phi) is 8.19. The standard InChI is InChI=1S/C26H24N2O2.CHF3O3S/c1-16-11-12-19-15-21-24(26(29)30)17(2)23(18-8-5-4-6-9-18)20(10-7-13-27)25(21)28(3)22(19)14-16;2-1(3,4)8(5,6)7/h4-6,8-9,11-12,14H,7,10,15H2,1-3H3,(H,29,30);(H,5,6,7). The number of halogens is 3. The van der Waals surface area contributed by atoms with Gasteiger partial charge in [-0.3, -0.25) is 4.55 Å². The summed E-state index contributed by atoms with van der Waals surface area (Å²) in [6.07, 6.45) is 1.54. The summed E-state index contributed by atoms with van der Waals surface area (Å²) in [4.78, 5) is 14.5. The minimum Gasteiger partial charge on any atom is -0.478 e. The molecule has 38 heavy (non-hydrogen) atoms. The van der Waals surface area contributed by atoms with Gasteiger partial charge < -0.3 is 10.0 Å². The number of alkyl halides is 3. The van der Waals surface area contributed by atoms with Crippen molar-refractivity contribution < 1.29 is 36.0 Å². The van der Waals surface area contributed by atoms with Crippen LogP contribution in [0.3, 0.4) is 0 Å². The van der Waals surface area contributed by atoms with Crippen LogP contribution in [0, 0.1) is 25.2 Å². The lowest BCUT2D eigenvalue weighted by molar-refractivity contribution is -0.0510. The Balaban J connectivity index is 0.000000436. The van der Waals surface area contributed by atoms with Crippen LogP contribution in [0.15, 0.2) is 48.5 Å². The molecule has 0 saturated heterocycles. The summed E-state index contributed by atoms with van der Waals surface area (Å²) in [5, 5.41) is 19.5. The molecule has 11 heteroatoms. The molecule has 0 bridgehead atoms. The van der Waals surface area contributed by atoms with Crippen molar-refractivity contribution in [1.29, 1.82) is 5.26 Å². The lowest BCUT2D eigenvalue weighted by atomic mass is 9.80. The molecule has 0 spiro atoms. The van der Waals surface area contributed by atoms with Gasteiger partial charge in [0.2, 0.25) is 0 Å². The summed E-state index contributed by atoms with van der Waals surface area (Å²) >= 11 is 0. The van der Waals surface area contributed by atoms with Crippen LogP contribution in [0.2, 0.25) is 0 Å². The molecule has 1 heterocycles. The van der Waals surface area contributed by atoms with Crippen molar-refractivity contribution in [1.82, 2.24) is 0 Å². The topological polar surface area (TPSA) is 119 Å². The van der Waals surface area contributed by atoms with Crippen LogP contribution in [0.4, 0.5) is 24.5 Å². The third-order valence-electron chi connectivity index (χ3n) is 6.29. The Morgan fingerprint density at radius 1 is 1.13 bits per heavy atom. The number of anilines is 2. The third kappa shape index (κ3) is 5.66. The zero-order valence-corrected chi connectivity index (χ0v) is 21.6. The van der Waals surface area contributed by atoms with E-state index in [-0.39, 0.29) is 0 Å². The molecule has 3 aromatic rings. The van der Waals surface area contributed by atoms with Crippen molar-refractivity contribution in [2.24, 2.45) is 0 Å². The van der Waals surface area contributed by atoms with E-state index in [4.69, 9.17) is 13.0 Å². The summed E-state index contributed by atoms with van der Waals surface area (Å²) in [5.41, 5.74) is 3.74. The number of nitrogens with zero attached hydrogens (tertiary/aromatic N) is 2. The predicted molar refractivity (Wildman–Crippen MR) is 137 cm³/mol. The first-order valence-corrected chi connectivity index (χ1v) is 12.8. The molecule has 3 aromatic carbocycles. The molecular weight excluding hydrogens is 521 g/mol. The number of fused-ring (bicyclic) bond motifs is 2. The van der Waals surface area contributed by atoms with Crippen LogP contribution in [0.25, 0.3) is 11.1 Å². The second-order valence-electron chi connectivity index (χ2n) is 8.80. The Morgan fingerprint density at radius 2 is 1.74 bits per heavy atom. The van der Waals surface area contributed by atoms with Gasteiger partial charge in [0, 0.05) is 31.3 Å². The normalized spacial score (nSPS) is 12.5. The van der Waals surface area contributed by atoms with E-state index >= 15 is 0 Å². The van der Waals surface area contributed by atoms with Crippen LogP contribution < -0.4 is 4.90 Å². The minimum absolute atomic E-state index is 0.377. The van der Waals surface area contributed by atoms with Crippen LogP contribution >= 0.6 is 0 Å². The van der Waals surface area contributed by atoms with Crippen molar-refractivity contribution >= 4 is 27.5 Å². The van der Waals surface area contributed by atoms with Crippen LogP contribution in [-0.2, 0) is 23.0 Å². The fourth-order valence-corrected chi connectivity index (χ4v) is 4.73. The van der Waals surface area contributed by atoms with E-state index in [0.717, 1.165) is 50.3 Å². The summed E-state index contributed by atoms with van der Waals surface area (Å²) in [6.45, 7) is 3.96. The van der Waals surface area contributed by atoms with E-state index in [9.17, 15) is 28.3 Å². The van der Waals surface area contributed by atoms with E-state index in [0.29, 0.717) is 24.8 Å². The molecule has 200 valence electrons. The summed E-state index contributed by atoms with van der Waals surface area (Å²) in [5.74, 6) is -0.906. The van der Waals surface area contributed by atoms with Gasteiger partial charge in [0.1, 0.15) is 0 Å². The number of rotatable bonds is 4. The number of benzene rings is 3. The zero-order valence-electron chi connectivity index (χ0n) is 20.8. The second kappa shape index (κ2) is 10.8. The lowest BCUT2D eigenvalue weighted by Crippen LogP contribution is -2.24. The zero-order chi connectivity index (χ0) is 28.4. The Hall–Kier alpha value is -3.88. The van der Waals surface area contributed by atoms with Gasteiger partial charge in [0.15, 0.2) is 0 Å². The molecular formula is C27H25F3N2O5S. The monoisotopic (exact) mass is 546 g/mol. The maximum absolute atomic E-state index is 12.4. The van der Waals surface area contributed by atoms with E-state index in [1.165, 1.54) is 0 Å². The molecule has 0 aliphatic carbocycles. The molecule has 0 radical (unpaired) electrons. The molecule has 1 aliphatic heterocycles. The smallest absolute Gasteiger partial charge is 0.478 e. The highest BCUT2D eigenvalue weighted by atomic mass is 32.2. The van der Waals surface area contributed by atoms with Crippen molar-refractivity contribution in [3.05, 3.63) is 81.9 Å². The minimum atomic E-state index is -5.84. The molecule has 0 atom stereocenters. The Morgan fingerprint density at radius 3 is 2.26 bits per heavy atom. The van der Waals surface area contributed by atoms with E-state index < -0.39 is 21.6 Å². The predicted octanol–water partition coefficient (Wildman–Crippen LogP) is 6.19.